The van der Waals surface area contributed by atoms with Crippen molar-refractivity contribution >= 4 is 5.91 Å². The predicted octanol–water partition coefficient (Wildman–Crippen LogP) is 0.906. The molecule has 0 radical (unpaired) electrons. The van der Waals surface area contributed by atoms with Crippen molar-refractivity contribution in [2.75, 3.05) is 19.8 Å². The molecule has 0 unspecified atom stereocenters. The number of hydrogen-bond acceptors (Lipinski definition) is 4. The zero-order chi connectivity index (χ0) is 12.7. The zero-order valence-corrected chi connectivity index (χ0v) is 10.6. The molecule has 1 amide bonds. The molecule has 0 atom stereocenters. The first-order valence-corrected chi connectivity index (χ1v) is 5.84. The minimum absolute atomic E-state index is 0.171. The number of amides is 1. The summed E-state index contributed by atoms with van der Waals surface area (Å²) in [5.41, 5.74) is 0. The lowest BCUT2D eigenvalue weighted by Gasteiger charge is -2.06. The van der Waals surface area contributed by atoms with Gasteiger partial charge in [0.1, 0.15) is 5.82 Å². The fraction of sp³-hybridized carbons (Fsp3) is 0.727. The van der Waals surface area contributed by atoms with Gasteiger partial charge in [0.15, 0.2) is 0 Å². The van der Waals surface area contributed by atoms with E-state index in [2.05, 4.69) is 34.3 Å². The highest BCUT2D eigenvalue weighted by Crippen LogP contribution is 1.98. The summed E-state index contributed by atoms with van der Waals surface area (Å²) in [6.45, 7) is 7.77. The number of nitrogens with zero attached hydrogens (tertiary/aromatic N) is 2. The van der Waals surface area contributed by atoms with Crippen molar-refractivity contribution in [1.82, 2.24) is 20.5 Å². The number of aryl methyl sites for hydroxylation is 1. The maximum atomic E-state index is 11.5. The molecule has 6 heteroatoms. The van der Waals surface area contributed by atoms with Gasteiger partial charge >= 0.3 is 0 Å². The molecule has 0 aromatic carbocycles. The first-order valence-electron chi connectivity index (χ1n) is 5.84. The van der Waals surface area contributed by atoms with Crippen LogP contribution in [0.15, 0.2) is 0 Å². The molecule has 1 aromatic rings. The molecule has 2 N–H and O–H groups in total. The van der Waals surface area contributed by atoms with Gasteiger partial charge in [-0.2, -0.15) is 0 Å². The summed E-state index contributed by atoms with van der Waals surface area (Å²) in [6, 6.07) is 0. The van der Waals surface area contributed by atoms with Crippen LogP contribution in [0.2, 0.25) is 0 Å². The van der Waals surface area contributed by atoms with Crippen LogP contribution >= 0.6 is 0 Å². The van der Waals surface area contributed by atoms with Crippen LogP contribution in [0, 0.1) is 12.8 Å². The fourth-order valence-corrected chi connectivity index (χ4v) is 1.18. The standard InChI is InChI=1S/C11H20N4O2/c1-8(2)4-6-17-7-5-12-11(16)10-13-9(3)14-15-10/h8H,4-7H2,1-3H3,(H,12,16)(H,13,14,15). The number of nitrogens with one attached hydrogen (secondary N) is 2. The summed E-state index contributed by atoms with van der Waals surface area (Å²) >= 11 is 0. The molecule has 96 valence electrons. The quantitative estimate of drug-likeness (QED) is 0.694. The highest BCUT2D eigenvalue weighted by Gasteiger charge is 2.09. The third-order valence-corrected chi connectivity index (χ3v) is 2.17. The van der Waals surface area contributed by atoms with Gasteiger partial charge in [-0.15, -0.1) is 5.10 Å². The number of rotatable bonds is 7. The van der Waals surface area contributed by atoms with E-state index < -0.39 is 0 Å². The predicted molar refractivity (Wildman–Crippen MR) is 63.7 cm³/mol. The second-order valence-electron chi connectivity index (χ2n) is 4.30. The Morgan fingerprint density at radius 1 is 1.47 bits per heavy atom. The lowest BCUT2D eigenvalue weighted by Crippen LogP contribution is -2.28. The van der Waals surface area contributed by atoms with Crippen molar-refractivity contribution in [3.63, 3.8) is 0 Å². The number of hydrogen-bond donors (Lipinski definition) is 2. The van der Waals surface area contributed by atoms with Gasteiger partial charge in [0.2, 0.25) is 5.82 Å². The van der Waals surface area contributed by atoms with Gasteiger partial charge < -0.3 is 10.1 Å². The smallest absolute Gasteiger partial charge is 0.291 e. The Labute approximate surface area is 101 Å². The number of ether oxygens (including phenoxy) is 1. The lowest BCUT2D eigenvalue weighted by atomic mass is 10.1. The van der Waals surface area contributed by atoms with Crippen LogP contribution in [-0.4, -0.2) is 40.8 Å². The Morgan fingerprint density at radius 2 is 2.24 bits per heavy atom. The summed E-state index contributed by atoms with van der Waals surface area (Å²) in [7, 11) is 0. The number of aromatic nitrogens is 3. The van der Waals surface area contributed by atoms with Gasteiger partial charge in [0.05, 0.1) is 6.61 Å². The highest BCUT2D eigenvalue weighted by atomic mass is 16.5. The summed E-state index contributed by atoms with van der Waals surface area (Å²) in [4.78, 5) is 15.4. The van der Waals surface area contributed by atoms with Crippen molar-refractivity contribution in [1.29, 1.82) is 0 Å². The highest BCUT2D eigenvalue weighted by molar-refractivity contribution is 5.90. The van der Waals surface area contributed by atoms with Crippen LogP contribution in [-0.2, 0) is 4.74 Å². The Bertz CT molecular complexity index is 349. The van der Waals surface area contributed by atoms with E-state index in [9.17, 15) is 4.79 Å². The second kappa shape index (κ2) is 7.01. The molecular formula is C11H20N4O2. The fourth-order valence-electron chi connectivity index (χ4n) is 1.18. The zero-order valence-electron chi connectivity index (χ0n) is 10.6. The molecule has 0 bridgehead atoms. The molecule has 0 saturated carbocycles. The maximum absolute atomic E-state index is 11.5. The molecule has 0 aliphatic rings. The van der Waals surface area contributed by atoms with Crippen molar-refractivity contribution in [2.45, 2.75) is 27.2 Å². The normalized spacial score (nSPS) is 10.8. The van der Waals surface area contributed by atoms with E-state index in [1.54, 1.807) is 6.92 Å². The van der Waals surface area contributed by atoms with Crippen molar-refractivity contribution in [2.24, 2.45) is 5.92 Å². The van der Waals surface area contributed by atoms with E-state index in [-0.39, 0.29) is 11.7 Å². The lowest BCUT2D eigenvalue weighted by molar-refractivity contribution is 0.0896. The minimum atomic E-state index is -0.276. The first kappa shape index (κ1) is 13.6. The molecule has 1 rings (SSSR count). The van der Waals surface area contributed by atoms with Crippen molar-refractivity contribution < 1.29 is 9.53 Å². The van der Waals surface area contributed by atoms with E-state index >= 15 is 0 Å². The van der Waals surface area contributed by atoms with Crippen molar-refractivity contribution in [3.8, 4) is 0 Å². The van der Waals surface area contributed by atoms with Gasteiger partial charge in [0, 0.05) is 13.2 Å². The van der Waals surface area contributed by atoms with Gasteiger partial charge in [-0.1, -0.05) is 13.8 Å². The van der Waals surface area contributed by atoms with Gasteiger partial charge in [-0.3, -0.25) is 9.89 Å². The molecule has 17 heavy (non-hydrogen) atoms. The van der Waals surface area contributed by atoms with Crippen LogP contribution in [0.1, 0.15) is 36.7 Å². The van der Waals surface area contributed by atoms with E-state index in [1.807, 2.05) is 0 Å². The van der Waals surface area contributed by atoms with Gasteiger partial charge in [0.25, 0.3) is 5.91 Å². The molecule has 0 aliphatic carbocycles. The molecule has 6 nitrogen and oxygen atoms in total. The van der Waals surface area contributed by atoms with Gasteiger partial charge in [-0.05, 0) is 19.3 Å². The molecule has 0 aliphatic heterocycles. The number of carbonyl (C=O) groups excluding carboxylic acids is 1. The van der Waals surface area contributed by atoms with E-state index in [0.29, 0.717) is 24.9 Å². The average Bonchev–Trinajstić information content (AvgIpc) is 2.69. The topological polar surface area (TPSA) is 79.9 Å². The molecule has 0 fully saturated rings. The number of aromatic amines is 1. The number of H-pyrrole nitrogens is 1. The van der Waals surface area contributed by atoms with E-state index in [1.165, 1.54) is 0 Å². The van der Waals surface area contributed by atoms with Crippen molar-refractivity contribution in [3.05, 3.63) is 11.6 Å². The van der Waals surface area contributed by atoms with Gasteiger partial charge in [-0.25, -0.2) is 4.98 Å². The minimum Gasteiger partial charge on any atom is -0.380 e. The molecular weight excluding hydrogens is 220 g/mol. The van der Waals surface area contributed by atoms with E-state index in [0.717, 1.165) is 13.0 Å². The van der Waals surface area contributed by atoms with Crippen LogP contribution < -0.4 is 5.32 Å². The summed E-state index contributed by atoms with van der Waals surface area (Å²) in [5.74, 6) is 1.16. The second-order valence-corrected chi connectivity index (χ2v) is 4.30. The maximum Gasteiger partial charge on any atom is 0.291 e. The summed E-state index contributed by atoms with van der Waals surface area (Å²) in [5, 5.41) is 9.08. The Morgan fingerprint density at radius 3 is 2.82 bits per heavy atom. The Hall–Kier alpha value is -1.43. The third-order valence-electron chi connectivity index (χ3n) is 2.17. The Balaban J connectivity index is 2.09. The van der Waals surface area contributed by atoms with Crippen LogP contribution in [0.25, 0.3) is 0 Å². The summed E-state index contributed by atoms with van der Waals surface area (Å²) in [6.07, 6.45) is 1.04. The Kier molecular flexibility index (Phi) is 5.62. The molecule has 0 saturated heterocycles. The third kappa shape index (κ3) is 5.44. The van der Waals surface area contributed by atoms with E-state index in [4.69, 9.17) is 4.74 Å². The average molecular weight is 240 g/mol. The molecule has 1 aromatic heterocycles. The number of carbonyl (C=O) groups is 1. The van der Waals surface area contributed by atoms with Crippen LogP contribution in [0.4, 0.5) is 0 Å². The monoisotopic (exact) mass is 240 g/mol. The molecule has 0 spiro atoms. The molecule has 1 heterocycles. The first-order chi connectivity index (χ1) is 8.09. The van der Waals surface area contributed by atoms with Crippen LogP contribution in [0.3, 0.4) is 0 Å². The largest absolute Gasteiger partial charge is 0.380 e. The SMILES string of the molecule is Cc1nc(C(=O)NCCOCCC(C)C)n[nH]1. The van der Waals surface area contributed by atoms with Crippen LogP contribution in [0.5, 0.6) is 0 Å². The summed E-state index contributed by atoms with van der Waals surface area (Å²) < 4.78 is 5.37.